The maximum atomic E-state index is 5.78. The van der Waals surface area contributed by atoms with Crippen LogP contribution >= 0.6 is 15.9 Å². The zero-order chi connectivity index (χ0) is 11.5. The van der Waals surface area contributed by atoms with Gasteiger partial charge < -0.3 is 10.5 Å². The number of ether oxygens (including phenoxy) is 1. The Balaban J connectivity index is 2.23. The Labute approximate surface area is 102 Å². The minimum absolute atomic E-state index is 0.423. The number of rotatable bonds is 2. The van der Waals surface area contributed by atoms with E-state index in [0.29, 0.717) is 11.6 Å². The van der Waals surface area contributed by atoms with E-state index in [0.717, 1.165) is 10.2 Å². The summed E-state index contributed by atoms with van der Waals surface area (Å²) in [4.78, 5) is 4.10. The van der Waals surface area contributed by atoms with Gasteiger partial charge in [0.2, 0.25) is 5.88 Å². The van der Waals surface area contributed by atoms with E-state index < -0.39 is 0 Å². The number of nitrogens with zero attached hydrogens (tertiary/aromatic N) is 1. The second-order valence-corrected chi connectivity index (χ2v) is 4.38. The Morgan fingerprint density at radius 1 is 1.25 bits per heavy atom. The van der Waals surface area contributed by atoms with Gasteiger partial charge in [0, 0.05) is 10.7 Å². The van der Waals surface area contributed by atoms with Gasteiger partial charge in [-0.2, -0.15) is 0 Å². The first kappa shape index (κ1) is 11.0. The second kappa shape index (κ2) is 4.53. The molecule has 1 aromatic carbocycles. The molecular formula is C12H11BrN2O. The van der Waals surface area contributed by atoms with Crippen LogP contribution in [0.1, 0.15) is 5.56 Å². The van der Waals surface area contributed by atoms with Gasteiger partial charge in [-0.3, -0.25) is 0 Å². The molecule has 1 aromatic heterocycles. The number of aryl methyl sites for hydroxylation is 1. The van der Waals surface area contributed by atoms with Crippen LogP contribution < -0.4 is 10.5 Å². The maximum absolute atomic E-state index is 5.78. The molecule has 0 aliphatic heterocycles. The van der Waals surface area contributed by atoms with Gasteiger partial charge in [0.25, 0.3) is 0 Å². The Bertz CT molecular complexity index is 497. The van der Waals surface area contributed by atoms with Gasteiger partial charge in [0.15, 0.2) is 0 Å². The van der Waals surface area contributed by atoms with E-state index >= 15 is 0 Å². The molecule has 4 heteroatoms. The van der Waals surface area contributed by atoms with Crippen molar-refractivity contribution in [1.82, 2.24) is 4.98 Å². The maximum Gasteiger partial charge on any atom is 0.242 e. The fourth-order valence-corrected chi connectivity index (χ4v) is 1.59. The lowest BCUT2D eigenvalue weighted by atomic mass is 10.2. The monoisotopic (exact) mass is 278 g/mol. The largest absolute Gasteiger partial charge is 0.437 e. The summed E-state index contributed by atoms with van der Waals surface area (Å²) in [6.07, 6.45) is 1.65. The smallest absolute Gasteiger partial charge is 0.242 e. The summed E-state index contributed by atoms with van der Waals surface area (Å²) in [6.45, 7) is 2.02. The molecule has 0 aliphatic carbocycles. The third-order valence-electron chi connectivity index (χ3n) is 2.08. The van der Waals surface area contributed by atoms with Crippen molar-refractivity contribution in [3.05, 3.63) is 46.6 Å². The molecule has 2 aromatic rings. The molecule has 3 nitrogen and oxygen atoms in total. The Morgan fingerprint density at radius 3 is 2.56 bits per heavy atom. The van der Waals surface area contributed by atoms with Crippen LogP contribution in [0, 0.1) is 6.92 Å². The first-order valence-corrected chi connectivity index (χ1v) is 5.60. The van der Waals surface area contributed by atoms with Crippen molar-refractivity contribution in [2.45, 2.75) is 6.92 Å². The molecule has 0 saturated heterocycles. The minimum atomic E-state index is 0.423. The van der Waals surface area contributed by atoms with E-state index in [9.17, 15) is 0 Å². The van der Waals surface area contributed by atoms with Crippen LogP contribution in [-0.2, 0) is 0 Å². The highest BCUT2D eigenvalue weighted by atomic mass is 79.9. The zero-order valence-corrected chi connectivity index (χ0v) is 10.4. The standard InChI is InChI=1S/C12H11BrN2O/c1-8-2-4-10(5-3-8)16-12-11(14)6-9(13)7-15-12/h2-7H,14H2,1H3. The first-order chi connectivity index (χ1) is 7.65. The molecule has 0 spiro atoms. The van der Waals surface area contributed by atoms with Crippen molar-refractivity contribution >= 4 is 21.6 Å². The highest BCUT2D eigenvalue weighted by Crippen LogP contribution is 2.27. The van der Waals surface area contributed by atoms with E-state index in [1.807, 2.05) is 31.2 Å². The Hall–Kier alpha value is -1.55. The van der Waals surface area contributed by atoms with Crippen LogP contribution in [0.2, 0.25) is 0 Å². The van der Waals surface area contributed by atoms with Crippen LogP contribution in [0.5, 0.6) is 11.6 Å². The first-order valence-electron chi connectivity index (χ1n) is 4.81. The fourth-order valence-electron chi connectivity index (χ4n) is 1.25. The fraction of sp³-hybridized carbons (Fsp3) is 0.0833. The summed E-state index contributed by atoms with van der Waals surface area (Å²) in [5.41, 5.74) is 7.48. The van der Waals surface area contributed by atoms with E-state index in [1.54, 1.807) is 12.3 Å². The molecule has 16 heavy (non-hydrogen) atoms. The van der Waals surface area contributed by atoms with Crippen LogP contribution in [0.4, 0.5) is 5.69 Å². The number of hydrogen-bond donors (Lipinski definition) is 1. The SMILES string of the molecule is Cc1ccc(Oc2ncc(Br)cc2N)cc1. The third kappa shape index (κ3) is 2.52. The molecule has 0 unspecified atom stereocenters. The van der Waals surface area contributed by atoms with Gasteiger partial charge >= 0.3 is 0 Å². The predicted molar refractivity (Wildman–Crippen MR) is 67.6 cm³/mol. The lowest BCUT2D eigenvalue weighted by Gasteiger charge is -2.07. The molecule has 0 fully saturated rings. The Morgan fingerprint density at radius 2 is 1.94 bits per heavy atom. The zero-order valence-electron chi connectivity index (χ0n) is 8.77. The highest BCUT2D eigenvalue weighted by molar-refractivity contribution is 9.10. The lowest BCUT2D eigenvalue weighted by Crippen LogP contribution is -1.94. The molecule has 0 aliphatic rings. The summed E-state index contributed by atoms with van der Waals surface area (Å²) >= 11 is 3.29. The van der Waals surface area contributed by atoms with Crippen LogP contribution in [0.3, 0.4) is 0 Å². The van der Waals surface area contributed by atoms with Crippen LogP contribution in [0.15, 0.2) is 41.0 Å². The number of hydrogen-bond acceptors (Lipinski definition) is 3. The molecular weight excluding hydrogens is 268 g/mol. The summed E-state index contributed by atoms with van der Waals surface area (Å²) in [7, 11) is 0. The number of nitrogens with two attached hydrogens (primary N) is 1. The summed E-state index contributed by atoms with van der Waals surface area (Å²) < 4.78 is 6.40. The average Bonchev–Trinajstić information content (AvgIpc) is 2.25. The average molecular weight is 279 g/mol. The number of halogens is 1. The van der Waals surface area contributed by atoms with Crippen LogP contribution in [0.25, 0.3) is 0 Å². The number of anilines is 1. The lowest BCUT2D eigenvalue weighted by molar-refractivity contribution is 0.465. The number of nitrogen functional groups attached to an aromatic ring is 1. The quantitative estimate of drug-likeness (QED) is 0.914. The number of aromatic nitrogens is 1. The van der Waals surface area contributed by atoms with E-state index in [1.165, 1.54) is 5.56 Å². The summed E-state index contributed by atoms with van der Waals surface area (Å²) in [6, 6.07) is 9.49. The summed E-state index contributed by atoms with van der Waals surface area (Å²) in [5.74, 6) is 1.15. The van der Waals surface area contributed by atoms with E-state index in [-0.39, 0.29) is 0 Å². The summed E-state index contributed by atoms with van der Waals surface area (Å²) in [5, 5.41) is 0. The molecule has 0 saturated carbocycles. The van der Waals surface area contributed by atoms with Gasteiger partial charge in [-0.25, -0.2) is 4.98 Å². The van der Waals surface area contributed by atoms with Crippen molar-refractivity contribution in [1.29, 1.82) is 0 Å². The number of pyridine rings is 1. The predicted octanol–water partition coefficient (Wildman–Crippen LogP) is 3.53. The molecule has 2 rings (SSSR count). The van der Waals surface area contributed by atoms with Crippen molar-refractivity contribution in [2.75, 3.05) is 5.73 Å². The van der Waals surface area contributed by atoms with Gasteiger partial charge in [-0.05, 0) is 41.1 Å². The van der Waals surface area contributed by atoms with Gasteiger partial charge in [0.1, 0.15) is 5.75 Å². The normalized spacial score (nSPS) is 10.1. The minimum Gasteiger partial charge on any atom is -0.437 e. The van der Waals surface area contributed by atoms with Crippen LogP contribution in [-0.4, -0.2) is 4.98 Å². The molecule has 2 N–H and O–H groups in total. The molecule has 0 bridgehead atoms. The second-order valence-electron chi connectivity index (χ2n) is 3.46. The number of benzene rings is 1. The van der Waals surface area contributed by atoms with Gasteiger partial charge in [0.05, 0.1) is 5.69 Å². The van der Waals surface area contributed by atoms with Crippen molar-refractivity contribution in [2.24, 2.45) is 0 Å². The molecule has 0 radical (unpaired) electrons. The van der Waals surface area contributed by atoms with Crippen molar-refractivity contribution < 1.29 is 4.74 Å². The third-order valence-corrected chi connectivity index (χ3v) is 2.51. The van der Waals surface area contributed by atoms with Crippen molar-refractivity contribution in [3.8, 4) is 11.6 Å². The van der Waals surface area contributed by atoms with Gasteiger partial charge in [-0.1, -0.05) is 17.7 Å². The Kier molecular flexibility index (Phi) is 3.10. The molecule has 1 heterocycles. The van der Waals surface area contributed by atoms with E-state index in [2.05, 4.69) is 20.9 Å². The van der Waals surface area contributed by atoms with Crippen molar-refractivity contribution in [3.63, 3.8) is 0 Å². The topological polar surface area (TPSA) is 48.1 Å². The molecule has 82 valence electrons. The molecule has 0 atom stereocenters. The molecule has 0 amide bonds. The highest BCUT2D eigenvalue weighted by Gasteiger charge is 2.03. The van der Waals surface area contributed by atoms with Gasteiger partial charge in [-0.15, -0.1) is 0 Å². The van der Waals surface area contributed by atoms with E-state index in [4.69, 9.17) is 10.5 Å².